The molecule has 2 amide bonds. The van der Waals surface area contributed by atoms with E-state index >= 15 is 0 Å². The van der Waals surface area contributed by atoms with Crippen LogP contribution >= 0.6 is 0 Å². The molecule has 0 aliphatic carbocycles. The topological polar surface area (TPSA) is 90.3 Å². The summed E-state index contributed by atoms with van der Waals surface area (Å²) in [6, 6.07) is 6.25. The van der Waals surface area contributed by atoms with Crippen molar-refractivity contribution < 1.29 is 24.5 Å². The highest BCUT2D eigenvalue weighted by atomic mass is 16.5. The van der Waals surface area contributed by atoms with Crippen molar-refractivity contribution in [2.24, 2.45) is 0 Å². The second-order valence-electron chi connectivity index (χ2n) is 4.86. The maximum absolute atomic E-state index is 12.1. The monoisotopic (exact) mass is 306 g/mol. The van der Waals surface area contributed by atoms with Crippen LogP contribution in [0.2, 0.25) is 0 Å². The van der Waals surface area contributed by atoms with Gasteiger partial charge in [0.05, 0.1) is 18.7 Å². The average Bonchev–Trinajstić information content (AvgIpc) is 2.56. The van der Waals surface area contributed by atoms with Crippen LogP contribution in [0.1, 0.15) is 15.9 Å². The number of nitrogens with zero attached hydrogens (tertiary/aromatic N) is 2. The molecule has 0 aromatic heterocycles. The molecule has 1 aromatic rings. The molecule has 22 heavy (non-hydrogen) atoms. The van der Waals surface area contributed by atoms with Crippen LogP contribution in [0.25, 0.3) is 6.08 Å². The van der Waals surface area contributed by atoms with Crippen LogP contribution in [-0.2, 0) is 4.74 Å². The number of urea groups is 1. The van der Waals surface area contributed by atoms with Crippen LogP contribution in [0.4, 0.5) is 4.79 Å². The Morgan fingerprint density at radius 2 is 1.77 bits per heavy atom. The zero-order valence-electron chi connectivity index (χ0n) is 12.0. The SMILES string of the molecule is C=Cc1ccc(C(=O)OC2CN(CO)C(=O)N(CO)C2)cc1. The van der Waals surface area contributed by atoms with Gasteiger partial charge in [-0.05, 0) is 17.7 Å². The van der Waals surface area contributed by atoms with E-state index in [0.29, 0.717) is 5.56 Å². The average molecular weight is 306 g/mol. The van der Waals surface area contributed by atoms with E-state index in [4.69, 9.17) is 14.9 Å². The van der Waals surface area contributed by atoms with Crippen molar-refractivity contribution in [3.05, 3.63) is 42.0 Å². The number of carbonyl (C=O) groups is 2. The number of hydrogen-bond donors (Lipinski definition) is 2. The van der Waals surface area contributed by atoms with Crippen LogP contribution in [-0.4, -0.2) is 64.7 Å². The van der Waals surface area contributed by atoms with Crippen LogP contribution < -0.4 is 0 Å². The summed E-state index contributed by atoms with van der Waals surface area (Å²) < 4.78 is 5.34. The number of benzene rings is 1. The molecule has 7 nitrogen and oxygen atoms in total. The van der Waals surface area contributed by atoms with Crippen molar-refractivity contribution in [3.63, 3.8) is 0 Å². The Bertz CT molecular complexity index is 542. The predicted octanol–water partition coefficient (Wildman–Crippen LogP) is 0.492. The first-order valence-corrected chi connectivity index (χ1v) is 6.78. The number of ether oxygens (including phenoxy) is 1. The van der Waals surface area contributed by atoms with Crippen LogP contribution in [0.5, 0.6) is 0 Å². The van der Waals surface area contributed by atoms with Crippen LogP contribution in [0, 0.1) is 0 Å². The molecule has 1 saturated heterocycles. The van der Waals surface area contributed by atoms with Crippen molar-refractivity contribution in [1.82, 2.24) is 9.80 Å². The molecule has 2 rings (SSSR count). The summed E-state index contributed by atoms with van der Waals surface area (Å²) in [5.41, 5.74) is 1.27. The first-order chi connectivity index (χ1) is 10.6. The fraction of sp³-hybridized carbons (Fsp3) is 0.333. The van der Waals surface area contributed by atoms with Gasteiger partial charge in [0, 0.05) is 0 Å². The maximum Gasteiger partial charge on any atom is 0.338 e. The van der Waals surface area contributed by atoms with Gasteiger partial charge in [-0.2, -0.15) is 0 Å². The van der Waals surface area contributed by atoms with E-state index in [1.807, 2.05) is 0 Å². The molecule has 0 atom stereocenters. The minimum absolute atomic E-state index is 0.0856. The van der Waals surface area contributed by atoms with Crippen molar-refractivity contribution in [1.29, 1.82) is 0 Å². The lowest BCUT2D eigenvalue weighted by atomic mass is 10.1. The Morgan fingerprint density at radius 3 is 2.23 bits per heavy atom. The van der Waals surface area contributed by atoms with Crippen molar-refractivity contribution >= 4 is 18.1 Å². The highest BCUT2D eigenvalue weighted by Gasteiger charge is 2.33. The van der Waals surface area contributed by atoms with Gasteiger partial charge in [0.2, 0.25) is 0 Å². The second-order valence-corrected chi connectivity index (χ2v) is 4.86. The fourth-order valence-corrected chi connectivity index (χ4v) is 2.19. The number of aliphatic hydroxyl groups is 2. The van der Waals surface area contributed by atoms with E-state index in [0.717, 1.165) is 15.4 Å². The molecule has 0 radical (unpaired) electrons. The number of rotatable bonds is 5. The first-order valence-electron chi connectivity index (χ1n) is 6.78. The number of hydrogen-bond acceptors (Lipinski definition) is 5. The first kappa shape index (κ1) is 16.0. The summed E-state index contributed by atoms with van der Waals surface area (Å²) in [5.74, 6) is -0.522. The van der Waals surface area contributed by atoms with E-state index in [1.165, 1.54) is 0 Å². The summed E-state index contributed by atoms with van der Waals surface area (Å²) >= 11 is 0. The van der Waals surface area contributed by atoms with E-state index in [-0.39, 0.29) is 13.1 Å². The summed E-state index contributed by atoms with van der Waals surface area (Å²) in [5, 5.41) is 18.3. The van der Waals surface area contributed by atoms with Gasteiger partial charge in [-0.1, -0.05) is 24.8 Å². The molecular formula is C15H18N2O5. The molecule has 0 spiro atoms. The third-order valence-electron chi connectivity index (χ3n) is 3.39. The molecule has 0 bridgehead atoms. The summed E-state index contributed by atoms with van der Waals surface area (Å²) in [4.78, 5) is 26.0. The molecule has 1 aromatic carbocycles. The minimum Gasteiger partial charge on any atom is -0.455 e. The van der Waals surface area contributed by atoms with Gasteiger partial charge in [-0.15, -0.1) is 0 Å². The largest absolute Gasteiger partial charge is 0.455 e. The quantitative estimate of drug-likeness (QED) is 0.773. The Balaban J connectivity index is 2.03. The zero-order valence-corrected chi connectivity index (χ0v) is 12.0. The van der Waals surface area contributed by atoms with E-state index in [9.17, 15) is 9.59 Å². The Labute approximate surface area is 128 Å². The summed E-state index contributed by atoms with van der Waals surface area (Å²) in [6.45, 7) is 2.80. The number of esters is 1. The van der Waals surface area contributed by atoms with Gasteiger partial charge >= 0.3 is 12.0 Å². The van der Waals surface area contributed by atoms with E-state index in [1.54, 1.807) is 30.3 Å². The van der Waals surface area contributed by atoms with Gasteiger partial charge in [-0.3, -0.25) is 9.80 Å². The Kier molecular flexibility index (Phi) is 5.13. The molecule has 2 N–H and O–H groups in total. The molecule has 7 heteroatoms. The minimum atomic E-state index is -0.622. The zero-order chi connectivity index (χ0) is 16.1. The maximum atomic E-state index is 12.1. The van der Waals surface area contributed by atoms with Crippen molar-refractivity contribution in [3.8, 4) is 0 Å². The van der Waals surface area contributed by atoms with Gasteiger partial charge in [0.15, 0.2) is 0 Å². The lowest BCUT2D eigenvalue weighted by Gasteiger charge is -2.37. The highest BCUT2D eigenvalue weighted by molar-refractivity contribution is 5.89. The number of aliphatic hydroxyl groups excluding tert-OH is 2. The van der Waals surface area contributed by atoms with Gasteiger partial charge in [0.25, 0.3) is 0 Å². The van der Waals surface area contributed by atoms with Gasteiger partial charge < -0.3 is 14.9 Å². The molecule has 1 aliphatic rings. The Hall–Kier alpha value is -2.38. The summed E-state index contributed by atoms with van der Waals surface area (Å²) in [7, 11) is 0. The smallest absolute Gasteiger partial charge is 0.338 e. The highest BCUT2D eigenvalue weighted by Crippen LogP contribution is 2.14. The van der Waals surface area contributed by atoms with Crippen molar-refractivity contribution in [2.45, 2.75) is 6.10 Å². The normalized spacial score (nSPS) is 15.8. The lowest BCUT2D eigenvalue weighted by Crippen LogP contribution is -2.57. The Morgan fingerprint density at radius 1 is 1.23 bits per heavy atom. The third kappa shape index (κ3) is 3.44. The second kappa shape index (κ2) is 7.06. The molecule has 1 heterocycles. The van der Waals surface area contributed by atoms with Crippen molar-refractivity contribution in [2.75, 3.05) is 26.6 Å². The van der Waals surface area contributed by atoms with E-state index < -0.39 is 31.6 Å². The van der Waals surface area contributed by atoms with Gasteiger partial charge in [0.1, 0.15) is 19.6 Å². The van der Waals surface area contributed by atoms with Crippen LogP contribution in [0.3, 0.4) is 0 Å². The fourth-order valence-electron chi connectivity index (χ4n) is 2.19. The molecular weight excluding hydrogens is 288 g/mol. The lowest BCUT2D eigenvalue weighted by molar-refractivity contribution is -0.0287. The number of amides is 2. The van der Waals surface area contributed by atoms with Gasteiger partial charge in [-0.25, -0.2) is 9.59 Å². The van der Waals surface area contributed by atoms with Crippen LogP contribution in [0.15, 0.2) is 30.8 Å². The molecule has 1 fully saturated rings. The molecule has 1 aliphatic heterocycles. The molecule has 0 saturated carbocycles. The predicted molar refractivity (Wildman–Crippen MR) is 78.7 cm³/mol. The molecule has 118 valence electrons. The van der Waals surface area contributed by atoms with E-state index in [2.05, 4.69) is 6.58 Å². The molecule has 0 unspecified atom stereocenters. The number of carbonyl (C=O) groups excluding carboxylic acids is 2. The third-order valence-corrected chi connectivity index (χ3v) is 3.39. The summed E-state index contributed by atoms with van der Waals surface area (Å²) in [6.07, 6.45) is 1.05. The standard InChI is InChI=1S/C15H18N2O5/c1-2-11-3-5-12(6-4-11)14(20)22-13-7-16(9-18)15(21)17(8-13)10-19/h2-6,13,18-19H,1,7-10H2.